The number of H-pyrrole nitrogens is 1. The number of nitrogens with zero attached hydrogens (tertiary/aromatic N) is 1. The molecule has 180 valence electrons. The third kappa shape index (κ3) is 8.82. The Kier molecular flexibility index (Phi) is 11.7. The van der Waals surface area contributed by atoms with E-state index < -0.39 is 60.6 Å². The first-order chi connectivity index (χ1) is 15.1. The van der Waals surface area contributed by atoms with Crippen LogP contribution in [0.25, 0.3) is 0 Å². The minimum Gasteiger partial charge on any atom is -0.480 e. The van der Waals surface area contributed by atoms with Crippen molar-refractivity contribution in [3.05, 3.63) is 18.2 Å². The van der Waals surface area contributed by atoms with Gasteiger partial charge in [-0.05, 0) is 25.4 Å². The molecule has 0 bridgehead atoms. The number of carbonyl (C=O) groups is 4. The van der Waals surface area contributed by atoms with Crippen LogP contribution in [0.1, 0.15) is 19.0 Å². The van der Waals surface area contributed by atoms with Gasteiger partial charge in [-0.2, -0.15) is 11.8 Å². The van der Waals surface area contributed by atoms with Crippen LogP contribution in [0.5, 0.6) is 0 Å². The maximum atomic E-state index is 12.7. The summed E-state index contributed by atoms with van der Waals surface area (Å²) < 4.78 is 0. The molecule has 0 radical (unpaired) electrons. The van der Waals surface area contributed by atoms with Gasteiger partial charge in [0.15, 0.2) is 0 Å². The normalized spacial score (nSPS) is 15.7. The molecule has 14 heteroatoms. The number of rotatable bonds is 14. The van der Waals surface area contributed by atoms with Crippen LogP contribution >= 0.6 is 11.8 Å². The third-order valence-corrected chi connectivity index (χ3v) is 5.12. The second-order valence-corrected chi connectivity index (χ2v) is 8.02. The fraction of sp³-hybridized carbons (Fsp3) is 0.611. The lowest BCUT2D eigenvalue weighted by molar-refractivity contribution is -0.142. The largest absolute Gasteiger partial charge is 0.480 e. The number of nitrogens with two attached hydrogens (primary N) is 1. The molecule has 1 heterocycles. The van der Waals surface area contributed by atoms with Gasteiger partial charge in [0.25, 0.3) is 0 Å². The first kappa shape index (κ1) is 27.4. The van der Waals surface area contributed by atoms with Gasteiger partial charge in [0.1, 0.15) is 24.2 Å². The van der Waals surface area contributed by atoms with Crippen molar-refractivity contribution < 1.29 is 34.5 Å². The molecule has 5 atom stereocenters. The molecule has 3 amide bonds. The molecule has 0 saturated carbocycles. The Morgan fingerprint density at radius 3 is 2.22 bits per heavy atom. The average molecular weight is 475 g/mol. The number of carboxylic acid groups (broad SMARTS) is 1. The number of aromatic amines is 1. The van der Waals surface area contributed by atoms with Crippen molar-refractivity contribution in [2.24, 2.45) is 5.73 Å². The minimum atomic E-state index is -1.42. The SMILES string of the molecule is CSCCC(NC(=O)C(CO)NC(=O)C(N)C(C)O)C(=O)NC(Cc1cnc[nH]1)C(=O)O. The van der Waals surface area contributed by atoms with E-state index in [2.05, 4.69) is 25.9 Å². The van der Waals surface area contributed by atoms with Crippen LogP contribution in [0.3, 0.4) is 0 Å². The molecule has 0 aromatic carbocycles. The first-order valence-corrected chi connectivity index (χ1v) is 11.1. The van der Waals surface area contributed by atoms with Gasteiger partial charge in [-0.15, -0.1) is 0 Å². The topological polar surface area (TPSA) is 220 Å². The van der Waals surface area contributed by atoms with E-state index in [1.807, 2.05) is 0 Å². The number of amides is 3. The van der Waals surface area contributed by atoms with Crippen LogP contribution in [0, 0.1) is 0 Å². The van der Waals surface area contributed by atoms with Crippen LogP contribution in [0.4, 0.5) is 0 Å². The van der Waals surface area contributed by atoms with Gasteiger partial charge >= 0.3 is 5.97 Å². The van der Waals surface area contributed by atoms with E-state index in [1.165, 1.54) is 31.2 Å². The van der Waals surface area contributed by atoms with E-state index >= 15 is 0 Å². The Morgan fingerprint density at radius 2 is 1.72 bits per heavy atom. The highest BCUT2D eigenvalue weighted by Gasteiger charge is 2.30. The Morgan fingerprint density at radius 1 is 1.12 bits per heavy atom. The monoisotopic (exact) mass is 474 g/mol. The van der Waals surface area contributed by atoms with Gasteiger partial charge in [0, 0.05) is 18.3 Å². The summed E-state index contributed by atoms with van der Waals surface area (Å²) >= 11 is 1.41. The van der Waals surface area contributed by atoms with Crippen molar-refractivity contribution in [1.82, 2.24) is 25.9 Å². The number of carbonyl (C=O) groups excluding carboxylic acids is 3. The van der Waals surface area contributed by atoms with Gasteiger partial charge in [0.2, 0.25) is 17.7 Å². The van der Waals surface area contributed by atoms with Crippen molar-refractivity contribution in [2.75, 3.05) is 18.6 Å². The van der Waals surface area contributed by atoms with Crippen LogP contribution < -0.4 is 21.7 Å². The van der Waals surface area contributed by atoms with E-state index in [-0.39, 0.29) is 12.8 Å². The fourth-order valence-corrected chi connectivity index (χ4v) is 3.02. The van der Waals surface area contributed by atoms with Crippen molar-refractivity contribution in [2.45, 2.75) is 50.0 Å². The highest BCUT2D eigenvalue weighted by molar-refractivity contribution is 7.98. The summed E-state index contributed by atoms with van der Waals surface area (Å²) in [4.78, 5) is 55.4. The van der Waals surface area contributed by atoms with Crippen molar-refractivity contribution in [3.8, 4) is 0 Å². The molecule has 0 aliphatic rings. The Bertz CT molecular complexity index is 761. The molecular weight excluding hydrogens is 444 g/mol. The van der Waals surface area contributed by atoms with Crippen molar-refractivity contribution in [1.29, 1.82) is 0 Å². The average Bonchev–Trinajstić information content (AvgIpc) is 3.26. The second-order valence-electron chi connectivity index (χ2n) is 7.03. The predicted octanol–water partition coefficient (Wildman–Crippen LogP) is -3.06. The van der Waals surface area contributed by atoms with Gasteiger partial charge in [-0.3, -0.25) is 14.4 Å². The summed E-state index contributed by atoms with van der Waals surface area (Å²) in [7, 11) is 0. The molecule has 0 spiro atoms. The fourth-order valence-electron chi connectivity index (χ4n) is 2.55. The molecule has 1 rings (SSSR count). The molecule has 0 fully saturated rings. The number of aromatic nitrogens is 2. The van der Waals surface area contributed by atoms with Crippen molar-refractivity contribution >= 4 is 35.5 Å². The van der Waals surface area contributed by atoms with Crippen LogP contribution in [0.15, 0.2) is 12.5 Å². The third-order valence-electron chi connectivity index (χ3n) is 4.48. The van der Waals surface area contributed by atoms with Gasteiger partial charge in [-0.1, -0.05) is 0 Å². The number of hydrogen-bond acceptors (Lipinski definition) is 9. The molecule has 1 aromatic rings. The van der Waals surface area contributed by atoms with Crippen LogP contribution in [-0.4, -0.2) is 97.9 Å². The maximum Gasteiger partial charge on any atom is 0.326 e. The zero-order valence-corrected chi connectivity index (χ0v) is 18.6. The number of aliphatic hydroxyl groups excluding tert-OH is 2. The molecular formula is C18H30N6O7S. The molecule has 1 aromatic heterocycles. The Labute approximate surface area is 188 Å². The first-order valence-electron chi connectivity index (χ1n) is 9.75. The Balaban J connectivity index is 2.85. The number of aliphatic carboxylic acids is 1. The molecule has 0 aliphatic heterocycles. The number of nitrogens with one attached hydrogen (secondary N) is 4. The highest BCUT2D eigenvalue weighted by Crippen LogP contribution is 2.05. The standard InChI is InChI=1S/C18H30N6O7S/c1-9(26)14(19)17(29)24-13(7-25)16(28)22-11(3-4-32-2)15(27)23-12(18(30)31)5-10-6-20-8-21-10/h6,8-9,11-14,25-26H,3-5,7,19H2,1-2H3,(H,20,21)(H,22,28)(H,23,27)(H,24,29)(H,30,31). The summed E-state index contributed by atoms with van der Waals surface area (Å²) in [6.45, 7) is 0.516. The quantitative estimate of drug-likeness (QED) is 0.136. The summed E-state index contributed by atoms with van der Waals surface area (Å²) in [5, 5.41) is 35.3. The van der Waals surface area contributed by atoms with Gasteiger partial charge in [0.05, 0.1) is 19.0 Å². The zero-order chi connectivity index (χ0) is 24.3. The van der Waals surface area contributed by atoms with Gasteiger partial charge < -0.3 is 42.0 Å². The number of carboxylic acids is 1. The molecule has 0 saturated heterocycles. The molecule has 9 N–H and O–H groups in total. The number of imidazole rings is 1. The molecule has 5 unspecified atom stereocenters. The lowest BCUT2D eigenvalue weighted by atomic mass is 10.1. The van der Waals surface area contributed by atoms with Crippen LogP contribution in [-0.2, 0) is 25.6 Å². The van der Waals surface area contributed by atoms with E-state index in [4.69, 9.17) is 5.73 Å². The van der Waals surface area contributed by atoms with E-state index in [9.17, 15) is 34.5 Å². The van der Waals surface area contributed by atoms with E-state index in [0.29, 0.717) is 11.4 Å². The highest BCUT2D eigenvalue weighted by atomic mass is 32.2. The van der Waals surface area contributed by atoms with E-state index in [0.717, 1.165) is 0 Å². The zero-order valence-electron chi connectivity index (χ0n) is 17.8. The minimum absolute atomic E-state index is 0.0448. The summed E-state index contributed by atoms with van der Waals surface area (Å²) in [6.07, 6.45) is 3.56. The number of thioether (sulfide) groups is 1. The van der Waals surface area contributed by atoms with Crippen molar-refractivity contribution in [3.63, 3.8) is 0 Å². The Hall–Kier alpha value is -2.68. The molecule has 32 heavy (non-hydrogen) atoms. The lowest BCUT2D eigenvalue weighted by Gasteiger charge is -2.24. The number of hydrogen-bond donors (Lipinski definition) is 8. The van der Waals surface area contributed by atoms with E-state index in [1.54, 1.807) is 6.26 Å². The van der Waals surface area contributed by atoms with Gasteiger partial charge in [-0.25, -0.2) is 9.78 Å². The second kappa shape index (κ2) is 13.7. The lowest BCUT2D eigenvalue weighted by Crippen LogP contribution is -2.59. The smallest absolute Gasteiger partial charge is 0.326 e. The molecule has 0 aliphatic carbocycles. The summed E-state index contributed by atoms with van der Waals surface area (Å²) in [5.41, 5.74) is 6.01. The summed E-state index contributed by atoms with van der Waals surface area (Å²) in [5.74, 6) is -3.25. The number of aliphatic hydroxyl groups is 2. The molecule has 13 nitrogen and oxygen atoms in total. The van der Waals surface area contributed by atoms with Crippen LogP contribution in [0.2, 0.25) is 0 Å². The predicted molar refractivity (Wildman–Crippen MR) is 115 cm³/mol. The maximum absolute atomic E-state index is 12.7. The summed E-state index contributed by atoms with van der Waals surface area (Å²) in [6, 6.07) is -5.12.